The zero-order chi connectivity index (χ0) is 28.1. The Kier molecular flexibility index (Phi) is 5.64. The lowest BCUT2D eigenvalue weighted by Gasteiger charge is -2.26. The lowest BCUT2D eigenvalue weighted by molar-refractivity contribution is 1.29. The van der Waals surface area contributed by atoms with Crippen LogP contribution in [0.3, 0.4) is 0 Å². The van der Waals surface area contributed by atoms with Crippen molar-refractivity contribution in [2.45, 2.75) is 0 Å². The van der Waals surface area contributed by atoms with Gasteiger partial charge in [0.2, 0.25) is 0 Å². The Balaban J connectivity index is 1.46. The van der Waals surface area contributed by atoms with Crippen LogP contribution >= 0.6 is 22.7 Å². The number of anilines is 3. The van der Waals surface area contributed by atoms with Gasteiger partial charge in [-0.05, 0) is 66.0 Å². The first-order valence-electron chi connectivity index (χ1n) is 12.5. The normalized spacial score (nSPS) is 10.8. The first-order valence-corrected chi connectivity index (χ1v) is 14.1. The van der Waals surface area contributed by atoms with Gasteiger partial charge in [-0.2, -0.15) is 10.5 Å². The van der Waals surface area contributed by atoms with Crippen molar-refractivity contribution in [3.05, 3.63) is 125 Å². The number of nitrogens with zero attached hydrogens (tertiary/aromatic N) is 5. The molecule has 0 unspecified atom stereocenters. The number of benzene rings is 5. The minimum Gasteiger partial charge on any atom is -0.312 e. The van der Waals surface area contributed by atoms with E-state index in [-0.39, 0.29) is 0 Å². The van der Waals surface area contributed by atoms with Gasteiger partial charge in [-0.15, -0.1) is 22.7 Å². The van der Waals surface area contributed by atoms with Crippen LogP contribution in [0.2, 0.25) is 0 Å². The molecular formula is C34H15N5S2. The standard InChI is InChI=1S/C34H15N5S2/c1-37-22-4-8-28-30-10-6-25(17-34(30)41-32(28)15-22)39(26-12-21(19-36)11-23(14-26)38-2)24-5-9-29-27-7-3-20(18-35)13-31(27)40-33(29)16-24/h3-17H. The van der Waals surface area contributed by atoms with Crippen molar-refractivity contribution >= 4 is 91.5 Å². The Morgan fingerprint density at radius 1 is 0.512 bits per heavy atom. The number of rotatable bonds is 3. The van der Waals surface area contributed by atoms with Crippen LogP contribution in [0.15, 0.2) is 91.0 Å². The second-order valence-corrected chi connectivity index (χ2v) is 11.6. The number of hydrogen-bond acceptors (Lipinski definition) is 5. The second-order valence-electron chi connectivity index (χ2n) is 9.48. The average molecular weight is 558 g/mol. The van der Waals surface area contributed by atoms with Gasteiger partial charge in [0, 0.05) is 57.6 Å². The van der Waals surface area contributed by atoms with Gasteiger partial charge in [-0.3, -0.25) is 0 Å². The van der Waals surface area contributed by atoms with E-state index in [1.54, 1.807) is 40.9 Å². The Labute approximate surface area is 243 Å². The molecule has 0 aliphatic rings. The molecule has 0 fully saturated rings. The fraction of sp³-hybridized carbons (Fsp3) is 0. The number of thiophene rings is 2. The van der Waals surface area contributed by atoms with Crippen LogP contribution in [0.25, 0.3) is 50.0 Å². The van der Waals surface area contributed by atoms with E-state index in [2.05, 4.69) is 63.1 Å². The lowest BCUT2D eigenvalue weighted by Crippen LogP contribution is -2.10. The van der Waals surface area contributed by atoms with Crippen molar-refractivity contribution < 1.29 is 0 Å². The van der Waals surface area contributed by atoms with E-state index in [0.717, 1.165) is 57.4 Å². The summed E-state index contributed by atoms with van der Waals surface area (Å²) in [5, 5.41) is 23.5. The van der Waals surface area contributed by atoms with Gasteiger partial charge >= 0.3 is 0 Å². The molecule has 0 amide bonds. The van der Waals surface area contributed by atoms with Gasteiger partial charge < -0.3 is 4.90 Å². The first kappa shape index (κ1) is 24.3. The van der Waals surface area contributed by atoms with Crippen LogP contribution in [0.5, 0.6) is 0 Å². The van der Waals surface area contributed by atoms with Gasteiger partial charge in [0.05, 0.1) is 30.8 Å². The molecule has 0 radical (unpaired) electrons. The highest BCUT2D eigenvalue weighted by Crippen LogP contribution is 2.44. The molecule has 0 aliphatic carbocycles. The third-order valence-corrected chi connectivity index (χ3v) is 9.32. The summed E-state index contributed by atoms with van der Waals surface area (Å²) in [6.45, 7) is 15.0. The van der Waals surface area contributed by atoms with Crippen LogP contribution in [0.1, 0.15) is 11.1 Å². The maximum atomic E-state index is 9.72. The van der Waals surface area contributed by atoms with Crippen molar-refractivity contribution in [2.75, 3.05) is 4.90 Å². The van der Waals surface area contributed by atoms with E-state index in [1.165, 1.54) is 0 Å². The molecule has 7 heteroatoms. The van der Waals surface area contributed by atoms with Crippen LogP contribution in [-0.2, 0) is 0 Å². The summed E-state index contributed by atoms with van der Waals surface area (Å²) >= 11 is 3.28. The molecule has 0 N–H and O–H groups in total. The smallest absolute Gasteiger partial charge is 0.190 e. The molecule has 2 heterocycles. The molecule has 7 rings (SSSR count). The monoisotopic (exact) mass is 557 g/mol. The number of hydrogen-bond donors (Lipinski definition) is 0. The van der Waals surface area contributed by atoms with Crippen LogP contribution in [0, 0.1) is 35.8 Å². The fourth-order valence-corrected chi connectivity index (χ4v) is 7.59. The molecule has 0 saturated carbocycles. The maximum absolute atomic E-state index is 9.72. The zero-order valence-electron chi connectivity index (χ0n) is 21.2. The van der Waals surface area contributed by atoms with E-state index in [4.69, 9.17) is 13.1 Å². The van der Waals surface area contributed by atoms with Crippen molar-refractivity contribution in [3.8, 4) is 12.1 Å². The van der Waals surface area contributed by atoms with Crippen molar-refractivity contribution in [2.24, 2.45) is 0 Å². The highest BCUT2D eigenvalue weighted by Gasteiger charge is 2.18. The van der Waals surface area contributed by atoms with Gasteiger partial charge in [0.15, 0.2) is 11.4 Å². The summed E-state index contributed by atoms with van der Waals surface area (Å²) in [7, 11) is 0. The molecule has 41 heavy (non-hydrogen) atoms. The molecule has 188 valence electrons. The maximum Gasteiger partial charge on any atom is 0.190 e. The summed E-state index contributed by atoms with van der Waals surface area (Å²) < 4.78 is 4.27. The molecule has 0 saturated heterocycles. The predicted molar refractivity (Wildman–Crippen MR) is 169 cm³/mol. The van der Waals surface area contributed by atoms with E-state index >= 15 is 0 Å². The predicted octanol–water partition coefficient (Wildman–Crippen LogP) is 10.7. The summed E-state index contributed by atoms with van der Waals surface area (Å²) in [4.78, 5) is 9.29. The molecule has 0 atom stereocenters. The minimum absolute atomic E-state index is 0.394. The Bertz CT molecular complexity index is 2220. The quantitative estimate of drug-likeness (QED) is 0.203. The van der Waals surface area contributed by atoms with E-state index in [1.807, 2.05) is 36.4 Å². The van der Waals surface area contributed by atoms with Gasteiger partial charge in [0.25, 0.3) is 0 Å². The Morgan fingerprint density at radius 2 is 1.05 bits per heavy atom. The van der Waals surface area contributed by atoms with Gasteiger partial charge in [0.1, 0.15) is 0 Å². The lowest BCUT2D eigenvalue weighted by atomic mass is 10.1. The van der Waals surface area contributed by atoms with E-state index in [9.17, 15) is 10.5 Å². The zero-order valence-corrected chi connectivity index (χ0v) is 22.8. The third kappa shape index (κ3) is 4.02. The molecule has 5 aromatic carbocycles. The Morgan fingerprint density at radius 3 is 1.63 bits per heavy atom. The van der Waals surface area contributed by atoms with Crippen LogP contribution < -0.4 is 4.90 Å². The fourth-order valence-electron chi connectivity index (χ4n) is 5.24. The topological polar surface area (TPSA) is 59.5 Å². The van der Waals surface area contributed by atoms with Gasteiger partial charge in [-0.1, -0.05) is 30.3 Å². The Hall–Kier alpha value is -5.70. The highest BCUT2D eigenvalue weighted by atomic mass is 32.1. The summed E-state index contributed by atoms with van der Waals surface area (Å²) in [5.74, 6) is 0. The third-order valence-electron chi connectivity index (χ3n) is 7.09. The SMILES string of the molecule is [C-]#[N+]c1cc(C#N)cc(N(c2ccc3c(c2)sc2cc(C#N)ccc23)c2ccc3c(c2)sc2cc([N+]#[C-])ccc23)c1. The van der Waals surface area contributed by atoms with Crippen molar-refractivity contribution in [3.63, 3.8) is 0 Å². The molecule has 2 aromatic heterocycles. The summed E-state index contributed by atoms with van der Waals surface area (Å²) in [6, 6.07) is 33.7. The molecule has 7 aromatic rings. The summed E-state index contributed by atoms with van der Waals surface area (Å²) in [5.41, 5.74) is 4.57. The largest absolute Gasteiger partial charge is 0.312 e. The van der Waals surface area contributed by atoms with Crippen molar-refractivity contribution in [1.82, 2.24) is 0 Å². The summed E-state index contributed by atoms with van der Waals surface area (Å²) in [6.07, 6.45) is 0. The molecule has 0 bridgehead atoms. The minimum atomic E-state index is 0.394. The van der Waals surface area contributed by atoms with Crippen molar-refractivity contribution in [1.29, 1.82) is 10.5 Å². The number of fused-ring (bicyclic) bond motifs is 6. The van der Waals surface area contributed by atoms with Gasteiger partial charge in [-0.25, -0.2) is 9.69 Å². The molecule has 0 spiro atoms. The second kappa shape index (κ2) is 9.49. The van der Waals surface area contributed by atoms with E-state index in [0.29, 0.717) is 22.5 Å². The van der Waals surface area contributed by atoms with Crippen LogP contribution in [-0.4, -0.2) is 0 Å². The highest BCUT2D eigenvalue weighted by molar-refractivity contribution is 7.26. The number of nitriles is 2. The first-order chi connectivity index (χ1) is 20.1. The van der Waals surface area contributed by atoms with Crippen LogP contribution in [0.4, 0.5) is 28.4 Å². The van der Waals surface area contributed by atoms with E-state index < -0.39 is 0 Å². The molecule has 5 nitrogen and oxygen atoms in total. The average Bonchev–Trinajstić information content (AvgIpc) is 3.57. The molecular weight excluding hydrogens is 543 g/mol. The molecule has 0 aliphatic heterocycles.